The average Bonchev–Trinajstić information content (AvgIpc) is 2.67. The Balaban J connectivity index is 2.30. The van der Waals surface area contributed by atoms with E-state index in [1.54, 1.807) is 18.2 Å². The zero-order valence-electron chi connectivity index (χ0n) is 7.81. The van der Waals surface area contributed by atoms with Crippen molar-refractivity contribution in [3.63, 3.8) is 0 Å². The van der Waals surface area contributed by atoms with Gasteiger partial charge in [0.2, 0.25) is 6.04 Å². The molecule has 0 aromatic heterocycles. The molecule has 2 rings (SSSR count). The minimum atomic E-state index is -0.832. The van der Waals surface area contributed by atoms with Crippen molar-refractivity contribution in [2.45, 2.75) is 12.1 Å². The summed E-state index contributed by atoms with van der Waals surface area (Å²) in [5.74, 6) is -0.425. The second-order valence-corrected chi connectivity index (χ2v) is 3.38. The lowest BCUT2D eigenvalue weighted by Gasteiger charge is -2.12. The Morgan fingerprint density at radius 1 is 1.47 bits per heavy atom. The first-order chi connectivity index (χ1) is 7.20. The topological polar surface area (TPSA) is 67.2 Å². The lowest BCUT2D eigenvalue weighted by Crippen LogP contribution is -2.30. The van der Waals surface area contributed by atoms with Gasteiger partial charge in [-0.2, -0.15) is 0 Å². The van der Waals surface area contributed by atoms with Crippen LogP contribution in [-0.4, -0.2) is 17.5 Å². The third kappa shape index (κ3) is 1.81. The van der Waals surface area contributed by atoms with Gasteiger partial charge in [-0.3, -0.25) is 15.5 Å². The van der Waals surface area contributed by atoms with Crippen LogP contribution in [0.15, 0.2) is 24.3 Å². The first-order valence-corrected chi connectivity index (χ1v) is 4.56. The van der Waals surface area contributed by atoms with Gasteiger partial charge in [0, 0.05) is 10.5 Å². The van der Waals surface area contributed by atoms with Gasteiger partial charge in [-0.15, -0.1) is 0 Å². The van der Waals surface area contributed by atoms with Crippen molar-refractivity contribution in [3.05, 3.63) is 45.8 Å². The zero-order chi connectivity index (χ0) is 10.8. The van der Waals surface area contributed by atoms with Gasteiger partial charge in [-0.05, 0) is 6.07 Å². The molecule has 0 saturated carbocycles. The summed E-state index contributed by atoms with van der Waals surface area (Å²) in [5, 5.41) is 10.7. The summed E-state index contributed by atoms with van der Waals surface area (Å²) < 4.78 is 13.4. The van der Waals surface area contributed by atoms with Crippen molar-refractivity contribution in [1.82, 2.24) is 10.9 Å². The quantitative estimate of drug-likeness (QED) is 0.556. The fourth-order valence-electron chi connectivity index (χ4n) is 1.70. The number of hydrogen-bond acceptors (Lipinski definition) is 4. The van der Waals surface area contributed by atoms with E-state index in [9.17, 15) is 14.5 Å². The fourth-order valence-corrected chi connectivity index (χ4v) is 1.70. The van der Waals surface area contributed by atoms with E-state index in [1.165, 1.54) is 6.07 Å². The highest BCUT2D eigenvalue weighted by molar-refractivity contribution is 5.23. The summed E-state index contributed by atoms with van der Waals surface area (Å²) >= 11 is 0. The summed E-state index contributed by atoms with van der Waals surface area (Å²) in [4.78, 5) is 10.3. The zero-order valence-corrected chi connectivity index (χ0v) is 7.81. The molecule has 1 aromatic rings. The number of nitro groups is 1. The van der Waals surface area contributed by atoms with E-state index in [1.807, 2.05) is 0 Å². The maximum absolute atomic E-state index is 13.4. The van der Waals surface area contributed by atoms with Crippen LogP contribution in [0.3, 0.4) is 0 Å². The van der Waals surface area contributed by atoms with Crippen LogP contribution in [0.1, 0.15) is 11.6 Å². The van der Waals surface area contributed by atoms with Crippen molar-refractivity contribution in [2.75, 3.05) is 6.54 Å². The van der Waals surface area contributed by atoms with Crippen LogP contribution in [0.2, 0.25) is 0 Å². The van der Waals surface area contributed by atoms with Crippen LogP contribution in [0.4, 0.5) is 4.39 Å². The summed E-state index contributed by atoms with van der Waals surface area (Å²) in [6.45, 7) is 0.200. The highest BCUT2D eigenvalue weighted by Gasteiger charge is 2.38. The number of benzene rings is 1. The van der Waals surface area contributed by atoms with Gasteiger partial charge < -0.3 is 0 Å². The van der Waals surface area contributed by atoms with Gasteiger partial charge in [0.25, 0.3) is 0 Å². The smallest absolute Gasteiger partial charge is 0.247 e. The first-order valence-electron chi connectivity index (χ1n) is 4.56. The van der Waals surface area contributed by atoms with Gasteiger partial charge in [0.05, 0.1) is 6.54 Å². The Kier molecular flexibility index (Phi) is 2.61. The molecule has 0 spiro atoms. The van der Waals surface area contributed by atoms with Crippen molar-refractivity contribution < 1.29 is 9.31 Å². The molecule has 1 aliphatic rings. The molecule has 0 radical (unpaired) electrons. The molecule has 1 aromatic carbocycles. The van der Waals surface area contributed by atoms with Gasteiger partial charge in [-0.25, -0.2) is 9.82 Å². The maximum atomic E-state index is 13.4. The fraction of sp³-hybridized carbons (Fsp3) is 0.333. The number of halogens is 1. The van der Waals surface area contributed by atoms with Gasteiger partial charge in [0.1, 0.15) is 11.9 Å². The largest absolute Gasteiger partial charge is 0.264 e. The van der Waals surface area contributed by atoms with Crippen LogP contribution < -0.4 is 10.9 Å². The normalized spacial score (nSPS) is 25.4. The lowest BCUT2D eigenvalue weighted by atomic mass is 10.0. The Hall–Kier alpha value is -1.53. The third-order valence-electron chi connectivity index (χ3n) is 2.46. The first kappa shape index (κ1) is 10.0. The Labute approximate surface area is 85.4 Å². The molecule has 2 atom stereocenters. The van der Waals surface area contributed by atoms with Crippen LogP contribution in [-0.2, 0) is 0 Å². The molecule has 1 heterocycles. The number of nitrogens with zero attached hydrogens (tertiary/aromatic N) is 1. The van der Waals surface area contributed by atoms with Gasteiger partial charge in [-0.1, -0.05) is 18.2 Å². The molecule has 1 saturated heterocycles. The van der Waals surface area contributed by atoms with Crippen LogP contribution in [0.5, 0.6) is 0 Å². The van der Waals surface area contributed by atoms with Crippen LogP contribution in [0.25, 0.3) is 0 Å². The van der Waals surface area contributed by atoms with E-state index < -0.39 is 22.8 Å². The average molecular weight is 211 g/mol. The molecule has 0 bridgehead atoms. The summed E-state index contributed by atoms with van der Waals surface area (Å²) in [5.41, 5.74) is 5.71. The predicted molar refractivity (Wildman–Crippen MR) is 51.1 cm³/mol. The maximum Gasteiger partial charge on any atom is 0.247 e. The molecule has 1 fully saturated rings. The number of rotatable bonds is 2. The second-order valence-electron chi connectivity index (χ2n) is 3.38. The number of hydrazine groups is 1. The van der Waals surface area contributed by atoms with Crippen LogP contribution >= 0.6 is 0 Å². The molecule has 2 unspecified atom stereocenters. The Morgan fingerprint density at radius 2 is 2.20 bits per heavy atom. The van der Waals surface area contributed by atoms with E-state index in [0.717, 1.165) is 0 Å². The molecule has 0 aliphatic carbocycles. The minimum Gasteiger partial charge on any atom is -0.264 e. The Bertz CT molecular complexity index is 385. The van der Waals surface area contributed by atoms with E-state index in [4.69, 9.17) is 0 Å². The van der Waals surface area contributed by atoms with Gasteiger partial charge in [0.15, 0.2) is 0 Å². The Morgan fingerprint density at radius 3 is 2.87 bits per heavy atom. The number of nitrogens with one attached hydrogen (secondary N) is 2. The van der Waals surface area contributed by atoms with Crippen LogP contribution in [0, 0.1) is 15.9 Å². The summed E-state index contributed by atoms with van der Waals surface area (Å²) in [6.07, 6.45) is 0. The predicted octanol–water partition coefficient (Wildman–Crippen LogP) is 0.620. The summed E-state index contributed by atoms with van der Waals surface area (Å²) in [6, 6.07) is 4.63. The van der Waals surface area contributed by atoms with E-state index in [2.05, 4.69) is 10.9 Å². The van der Waals surface area contributed by atoms with Crippen molar-refractivity contribution in [1.29, 1.82) is 0 Å². The third-order valence-corrected chi connectivity index (χ3v) is 2.46. The van der Waals surface area contributed by atoms with Crippen molar-refractivity contribution in [2.24, 2.45) is 0 Å². The molecular weight excluding hydrogens is 201 g/mol. The molecule has 5 nitrogen and oxygen atoms in total. The molecule has 2 N–H and O–H groups in total. The molecular formula is C9H10FN3O2. The highest BCUT2D eigenvalue weighted by Crippen LogP contribution is 2.23. The van der Waals surface area contributed by atoms with Gasteiger partial charge >= 0.3 is 0 Å². The standard InChI is InChI=1S/C9H10FN3O2/c10-7-4-2-1-3-6(7)9-8(13(14)15)5-11-12-9/h1-4,8-9,11-12H,5H2. The summed E-state index contributed by atoms with van der Waals surface area (Å²) in [7, 11) is 0. The monoisotopic (exact) mass is 211 g/mol. The van der Waals surface area contributed by atoms with E-state index in [-0.39, 0.29) is 6.54 Å². The van der Waals surface area contributed by atoms with Crippen molar-refractivity contribution in [3.8, 4) is 0 Å². The second kappa shape index (κ2) is 3.92. The van der Waals surface area contributed by atoms with E-state index >= 15 is 0 Å². The molecule has 0 amide bonds. The number of hydrogen-bond donors (Lipinski definition) is 2. The molecule has 15 heavy (non-hydrogen) atoms. The highest BCUT2D eigenvalue weighted by atomic mass is 19.1. The molecule has 80 valence electrons. The SMILES string of the molecule is O=[N+]([O-])C1CNNC1c1ccccc1F. The lowest BCUT2D eigenvalue weighted by molar-refractivity contribution is -0.520. The van der Waals surface area contributed by atoms with E-state index in [0.29, 0.717) is 5.56 Å². The molecule has 1 aliphatic heterocycles. The molecule has 6 heteroatoms. The van der Waals surface area contributed by atoms with Crippen molar-refractivity contribution >= 4 is 0 Å². The minimum absolute atomic E-state index is 0.200.